The van der Waals surface area contributed by atoms with Gasteiger partial charge in [-0.1, -0.05) is 11.6 Å². The summed E-state index contributed by atoms with van der Waals surface area (Å²) < 4.78 is 6.50. The maximum absolute atomic E-state index is 11.5. The Hall–Kier alpha value is -1.07. The molecule has 0 spiro atoms. The standard InChI is InChI=1S/C10H15ClN2O3/c1-4-16-10(2,3)6-13-8(14)5-7(11)12-9(13)15/h5H,4,6H2,1-3H3,(H,12,15). The number of nitrogens with one attached hydrogen (secondary N) is 1. The van der Waals surface area contributed by atoms with Crippen LogP contribution in [0.25, 0.3) is 0 Å². The van der Waals surface area contributed by atoms with E-state index in [0.717, 1.165) is 4.57 Å². The molecule has 1 rings (SSSR count). The topological polar surface area (TPSA) is 64.1 Å². The van der Waals surface area contributed by atoms with Gasteiger partial charge in [0.25, 0.3) is 5.56 Å². The fourth-order valence-corrected chi connectivity index (χ4v) is 1.63. The fraction of sp³-hybridized carbons (Fsp3) is 0.600. The van der Waals surface area contributed by atoms with Crippen LogP contribution >= 0.6 is 11.6 Å². The van der Waals surface area contributed by atoms with Gasteiger partial charge in [-0.3, -0.25) is 14.3 Å². The number of H-pyrrole nitrogens is 1. The van der Waals surface area contributed by atoms with E-state index in [4.69, 9.17) is 16.3 Å². The van der Waals surface area contributed by atoms with Crippen molar-refractivity contribution in [3.8, 4) is 0 Å². The van der Waals surface area contributed by atoms with E-state index >= 15 is 0 Å². The monoisotopic (exact) mass is 246 g/mol. The Morgan fingerprint density at radius 3 is 2.62 bits per heavy atom. The van der Waals surface area contributed by atoms with Crippen LogP contribution in [0, 0.1) is 0 Å². The lowest BCUT2D eigenvalue weighted by atomic mass is 10.1. The Balaban J connectivity index is 3.07. The molecule has 1 N–H and O–H groups in total. The largest absolute Gasteiger partial charge is 0.374 e. The second-order valence-corrected chi connectivity index (χ2v) is 4.45. The Kier molecular flexibility index (Phi) is 3.93. The minimum absolute atomic E-state index is 0.0421. The van der Waals surface area contributed by atoms with Crippen molar-refractivity contribution in [3.05, 3.63) is 32.1 Å². The molecule has 0 aromatic carbocycles. The maximum atomic E-state index is 11.5. The third kappa shape index (κ3) is 3.21. The molecule has 0 aliphatic heterocycles. The van der Waals surface area contributed by atoms with Gasteiger partial charge < -0.3 is 4.74 Å². The van der Waals surface area contributed by atoms with Crippen molar-refractivity contribution < 1.29 is 4.74 Å². The van der Waals surface area contributed by atoms with Crippen LogP contribution in [0.2, 0.25) is 5.15 Å². The summed E-state index contributed by atoms with van der Waals surface area (Å²) in [6.07, 6.45) is 0. The van der Waals surface area contributed by atoms with E-state index in [1.807, 2.05) is 20.8 Å². The van der Waals surface area contributed by atoms with E-state index in [9.17, 15) is 9.59 Å². The van der Waals surface area contributed by atoms with Crippen molar-refractivity contribution in [1.29, 1.82) is 0 Å². The van der Waals surface area contributed by atoms with Gasteiger partial charge in [-0.15, -0.1) is 0 Å². The molecule has 0 amide bonds. The highest BCUT2D eigenvalue weighted by atomic mass is 35.5. The molecule has 16 heavy (non-hydrogen) atoms. The first-order valence-electron chi connectivity index (χ1n) is 4.99. The van der Waals surface area contributed by atoms with Gasteiger partial charge in [0.05, 0.1) is 12.1 Å². The highest BCUT2D eigenvalue weighted by molar-refractivity contribution is 6.29. The molecule has 0 atom stereocenters. The molecule has 5 nitrogen and oxygen atoms in total. The number of nitrogens with zero attached hydrogens (tertiary/aromatic N) is 1. The first-order valence-corrected chi connectivity index (χ1v) is 5.37. The summed E-state index contributed by atoms with van der Waals surface area (Å²) >= 11 is 5.55. The van der Waals surface area contributed by atoms with Gasteiger partial charge in [0.1, 0.15) is 5.15 Å². The van der Waals surface area contributed by atoms with Crippen molar-refractivity contribution in [3.63, 3.8) is 0 Å². The third-order valence-corrected chi connectivity index (χ3v) is 2.27. The predicted octanol–water partition coefficient (Wildman–Crippen LogP) is 1.01. The molecular formula is C10H15ClN2O3. The Morgan fingerprint density at radius 2 is 2.12 bits per heavy atom. The molecule has 0 bridgehead atoms. The number of aromatic nitrogens is 2. The summed E-state index contributed by atoms with van der Waals surface area (Å²) in [5, 5.41) is 0.0421. The van der Waals surface area contributed by atoms with Crippen molar-refractivity contribution in [2.24, 2.45) is 0 Å². The molecule has 1 aromatic rings. The average Bonchev–Trinajstić information content (AvgIpc) is 2.11. The molecule has 90 valence electrons. The third-order valence-electron chi connectivity index (χ3n) is 2.06. The van der Waals surface area contributed by atoms with Gasteiger partial charge in [-0.05, 0) is 20.8 Å². The maximum Gasteiger partial charge on any atom is 0.329 e. The second kappa shape index (κ2) is 4.84. The number of hydrogen-bond acceptors (Lipinski definition) is 3. The minimum Gasteiger partial charge on any atom is -0.374 e. The molecule has 0 saturated heterocycles. The molecule has 0 saturated carbocycles. The molecule has 0 aliphatic carbocycles. The first-order chi connectivity index (χ1) is 7.35. The van der Waals surface area contributed by atoms with Gasteiger partial charge in [0, 0.05) is 12.7 Å². The molecule has 0 aliphatic rings. The van der Waals surface area contributed by atoms with Crippen LogP contribution in [0.5, 0.6) is 0 Å². The summed E-state index contributed by atoms with van der Waals surface area (Å²) in [7, 11) is 0. The number of rotatable bonds is 4. The van der Waals surface area contributed by atoms with E-state index in [1.165, 1.54) is 6.07 Å². The predicted molar refractivity (Wildman–Crippen MR) is 62.0 cm³/mol. The van der Waals surface area contributed by atoms with E-state index in [-0.39, 0.29) is 11.7 Å². The summed E-state index contributed by atoms with van der Waals surface area (Å²) in [5.74, 6) is 0. The lowest BCUT2D eigenvalue weighted by molar-refractivity contribution is -0.0238. The van der Waals surface area contributed by atoms with Crippen LogP contribution in [0.1, 0.15) is 20.8 Å². The molecule has 1 aromatic heterocycles. The Bertz CT molecular complexity index is 444. The molecule has 6 heteroatoms. The summed E-state index contributed by atoms with van der Waals surface area (Å²) in [6, 6.07) is 1.17. The molecule has 0 unspecified atom stereocenters. The average molecular weight is 247 g/mol. The number of ether oxygens (including phenoxy) is 1. The van der Waals surface area contributed by atoms with Crippen LogP contribution in [-0.4, -0.2) is 21.8 Å². The zero-order valence-corrected chi connectivity index (χ0v) is 10.3. The highest BCUT2D eigenvalue weighted by Crippen LogP contribution is 2.10. The Labute approximate surface area is 98.0 Å². The normalized spacial score (nSPS) is 11.8. The quantitative estimate of drug-likeness (QED) is 0.807. The lowest BCUT2D eigenvalue weighted by Gasteiger charge is -2.24. The molecular weight excluding hydrogens is 232 g/mol. The summed E-state index contributed by atoms with van der Waals surface area (Å²) in [6.45, 7) is 6.20. The van der Waals surface area contributed by atoms with Gasteiger partial charge in [0.15, 0.2) is 0 Å². The number of halogens is 1. The van der Waals surface area contributed by atoms with Crippen molar-refractivity contribution in [1.82, 2.24) is 9.55 Å². The van der Waals surface area contributed by atoms with Crippen LogP contribution in [0.15, 0.2) is 15.7 Å². The SMILES string of the molecule is CCOC(C)(C)Cn1c(=O)cc(Cl)[nH]c1=O. The number of aromatic amines is 1. The van der Waals surface area contributed by atoms with E-state index < -0.39 is 16.9 Å². The zero-order valence-electron chi connectivity index (χ0n) is 9.54. The molecule has 0 radical (unpaired) electrons. The van der Waals surface area contributed by atoms with Crippen LogP contribution in [0.4, 0.5) is 0 Å². The van der Waals surface area contributed by atoms with Crippen LogP contribution < -0.4 is 11.2 Å². The number of hydrogen-bond donors (Lipinski definition) is 1. The van der Waals surface area contributed by atoms with E-state index in [2.05, 4.69) is 4.98 Å². The summed E-state index contributed by atoms with van der Waals surface area (Å²) in [4.78, 5) is 25.4. The fourth-order valence-electron chi connectivity index (χ4n) is 1.46. The Morgan fingerprint density at radius 1 is 1.50 bits per heavy atom. The molecule has 1 heterocycles. The van der Waals surface area contributed by atoms with Crippen molar-refractivity contribution in [2.45, 2.75) is 32.9 Å². The van der Waals surface area contributed by atoms with Gasteiger partial charge in [0.2, 0.25) is 0 Å². The van der Waals surface area contributed by atoms with E-state index in [1.54, 1.807) is 0 Å². The van der Waals surface area contributed by atoms with Gasteiger partial charge in [-0.25, -0.2) is 4.79 Å². The molecule has 0 fully saturated rings. The van der Waals surface area contributed by atoms with Crippen LogP contribution in [-0.2, 0) is 11.3 Å². The van der Waals surface area contributed by atoms with Crippen LogP contribution in [0.3, 0.4) is 0 Å². The minimum atomic E-state index is -0.570. The van der Waals surface area contributed by atoms with Gasteiger partial charge >= 0.3 is 5.69 Å². The van der Waals surface area contributed by atoms with E-state index in [0.29, 0.717) is 6.61 Å². The smallest absolute Gasteiger partial charge is 0.329 e. The van der Waals surface area contributed by atoms with Gasteiger partial charge in [-0.2, -0.15) is 0 Å². The first kappa shape index (κ1) is 13.0. The zero-order chi connectivity index (χ0) is 12.3. The second-order valence-electron chi connectivity index (χ2n) is 4.04. The highest BCUT2D eigenvalue weighted by Gasteiger charge is 2.20. The van der Waals surface area contributed by atoms with Crippen molar-refractivity contribution >= 4 is 11.6 Å². The lowest BCUT2D eigenvalue weighted by Crippen LogP contribution is -2.42. The van der Waals surface area contributed by atoms with Crippen molar-refractivity contribution in [2.75, 3.05) is 6.61 Å². The summed E-state index contributed by atoms with van der Waals surface area (Å²) in [5.41, 5.74) is -1.52.